The maximum Gasteiger partial charge on any atom is 0.252 e. The Hall–Kier alpha value is -1.83. The average molecular weight is 418 g/mol. The van der Waals surface area contributed by atoms with Gasteiger partial charge in [-0.05, 0) is 50.5 Å². The van der Waals surface area contributed by atoms with Crippen LogP contribution in [0.5, 0.6) is 0 Å². The highest BCUT2D eigenvalue weighted by molar-refractivity contribution is 8.00. The number of thiophene rings is 1. The number of likely N-dealkylation sites (tertiary alicyclic amines) is 1. The summed E-state index contributed by atoms with van der Waals surface area (Å²) in [5.74, 6) is 0.433. The second-order valence-corrected chi connectivity index (χ2v) is 9.07. The van der Waals surface area contributed by atoms with Crippen molar-refractivity contribution in [2.45, 2.75) is 23.8 Å². The Balaban J connectivity index is 1.61. The van der Waals surface area contributed by atoms with Crippen LogP contribution in [0.25, 0.3) is 0 Å². The largest absolute Gasteiger partial charge is 0.350 e. The molecule has 1 atom stereocenters. The number of thioether (sulfide) groups is 1. The predicted octanol–water partition coefficient (Wildman–Crippen LogP) is 3.50. The molecule has 1 unspecified atom stereocenters. The SMILES string of the molecule is CN(C)C(CNC(=O)c1ccccc1SCC(=O)N1CCCC1)c1cccs1. The highest BCUT2D eigenvalue weighted by Crippen LogP contribution is 2.25. The molecule has 3 rings (SSSR count). The third-order valence-corrected chi connectivity index (χ3v) is 6.92. The van der Waals surface area contributed by atoms with Crippen molar-refractivity contribution in [2.24, 2.45) is 0 Å². The molecule has 0 spiro atoms. The number of amides is 2. The lowest BCUT2D eigenvalue weighted by atomic mass is 10.2. The molecule has 2 amide bonds. The van der Waals surface area contributed by atoms with Crippen LogP contribution in [0.2, 0.25) is 0 Å². The highest BCUT2D eigenvalue weighted by atomic mass is 32.2. The van der Waals surface area contributed by atoms with Crippen LogP contribution in [0.4, 0.5) is 0 Å². The summed E-state index contributed by atoms with van der Waals surface area (Å²) >= 11 is 3.14. The van der Waals surface area contributed by atoms with Crippen LogP contribution in [0.3, 0.4) is 0 Å². The molecule has 28 heavy (non-hydrogen) atoms. The number of hydrogen-bond donors (Lipinski definition) is 1. The van der Waals surface area contributed by atoms with Gasteiger partial charge in [0.05, 0.1) is 17.4 Å². The zero-order valence-electron chi connectivity index (χ0n) is 16.4. The van der Waals surface area contributed by atoms with Crippen molar-refractivity contribution in [1.82, 2.24) is 15.1 Å². The van der Waals surface area contributed by atoms with Crippen LogP contribution in [0, 0.1) is 0 Å². The molecule has 150 valence electrons. The molecular formula is C21H27N3O2S2. The molecule has 0 saturated carbocycles. The number of likely N-dealkylation sites (N-methyl/N-ethyl adjacent to an activating group) is 1. The van der Waals surface area contributed by atoms with E-state index in [-0.39, 0.29) is 17.9 Å². The number of nitrogens with one attached hydrogen (secondary N) is 1. The molecule has 1 N–H and O–H groups in total. The van der Waals surface area contributed by atoms with Crippen LogP contribution in [-0.4, -0.2) is 61.1 Å². The number of carbonyl (C=O) groups is 2. The van der Waals surface area contributed by atoms with Crippen molar-refractivity contribution in [3.63, 3.8) is 0 Å². The third-order valence-electron chi connectivity index (χ3n) is 4.89. The summed E-state index contributed by atoms with van der Waals surface area (Å²) in [6.45, 7) is 2.25. The van der Waals surface area contributed by atoms with E-state index in [0.717, 1.165) is 30.8 Å². The second kappa shape index (κ2) is 10.1. The fraction of sp³-hybridized carbons (Fsp3) is 0.429. The van der Waals surface area contributed by atoms with Gasteiger partial charge in [-0.15, -0.1) is 23.1 Å². The fourth-order valence-corrected chi connectivity index (χ4v) is 5.16. The van der Waals surface area contributed by atoms with Crippen molar-refractivity contribution in [3.05, 3.63) is 52.2 Å². The number of hydrogen-bond acceptors (Lipinski definition) is 5. The minimum absolute atomic E-state index is 0.0971. The summed E-state index contributed by atoms with van der Waals surface area (Å²) in [6, 6.07) is 11.8. The van der Waals surface area contributed by atoms with E-state index in [0.29, 0.717) is 17.9 Å². The van der Waals surface area contributed by atoms with Gasteiger partial charge in [-0.1, -0.05) is 18.2 Å². The Labute approximate surface area is 175 Å². The Bertz CT molecular complexity index is 787. The van der Waals surface area contributed by atoms with Crippen molar-refractivity contribution < 1.29 is 9.59 Å². The lowest BCUT2D eigenvalue weighted by Gasteiger charge is -2.23. The Morgan fingerprint density at radius 1 is 1.18 bits per heavy atom. The standard InChI is InChI=1S/C21H27N3O2S2/c1-23(2)17(19-10-7-13-27-19)14-22-21(26)16-8-3-4-9-18(16)28-15-20(25)24-11-5-6-12-24/h3-4,7-10,13,17H,5-6,11-12,14-15H2,1-2H3,(H,22,26). The zero-order chi connectivity index (χ0) is 19.9. The lowest BCUT2D eigenvalue weighted by Crippen LogP contribution is -2.34. The van der Waals surface area contributed by atoms with Gasteiger partial charge >= 0.3 is 0 Å². The first-order valence-electron chi connectivity index (χ1n) is 9.54. The molecule has 1 aromatic carbocycles. The van der Waals surface area contributed by atoms with Crippen LogP contribution >= 0.6 is 23.1 Å². The topological polar surface area (TPSA) is 52.7 Å². The molecule has 1 fully saturated rings. The summed E-state index contributed by atoms with van der Waals surface area (Å²) in [5, 5.41) is 5.12. The lowest BCUT2D eigenvalue weighted by molar-refractivity contribution is -0.127. The van der Waals surface area contributed by atoms with Gasteiger partial charge in [0, 0.05) is 29.4 Å². The van der Waals surface area contributed by atoms with Crippen molar-refractivity contribution in [1.29, 1.82) is 0 Å². The average Bonchev–Trinajstić information content (AvgIpc) is 3.40. The van der Waals surface area contributed by atoms with E-state index in [1.807, 2.05) is 49.3 Å². The summed E-state index contributed by atoms with van der Waals surface area (Å²) in [4.78, 5) is 31.3. The predicted molar refractivity (Wildman–Crippen MR) is 116 cm³/mol. The molecule has 2 heterocycles. The number of carbonyl (C=O) groups excluding carboxylic acids is 2. The fourth-order valence-electron chi connectivity index (χ4n) is 3.28. The van der Waals surface area contributed by atoms with Crippen molar-refractivity contribution in [2.75, 3.05) is 39.5 Å². The molecule has 0 radical (unpaired) electrons. The number of benzene rings is 1. The van der Waals surface area contributed by atoms with E-state index in [1.54, 1.807) is 11.3 Å². The minimum Gasteiger partial charge on any atom is -0.350 e. The Morgan fingerprint density at radius 3 is 2.61 bits per heavy atom. The quantitative estimate of drug-likeness (QED) is 0.668. The number of rotatable bonds is 8. The first-order chi connectivity index (χ1) is 13.6. The van der Waals surface area contributed by atoms with Gasteiger partial charge in [-0.3, -0.25) is 9.59 Å². The van der Waals surface area contributed by atoms with Gasteiger partial charge in [0.2, 0.25) is 5.91 Å². The van der Waals surface area contributed by atoms with Gasteiger partial charge in [-0.25, -0.2) is 0 Å². The molecule has 1 aliphatic heterocycles. The van der Waals surface area contributed by atoms with E-state index < -0.39 is 0 Å². The van der Waals surface area contributed by atoms with Crippen LogP contribution in [0.1, 0.15) is 34.1 Å². The Morgan fingerprint density at radius 2 is 1.93 bits per heavy atom. The van der Waals surface area contributed by atoms with Crippen LogP contribution in [-0.2, 0) is 4.79 Å². The van der Waals surface area contributed by atoms with Crippen molar-refractivity contribution >= 4 is 34.9 Å². The first kappa shape index (κ1) is 20.9. The summed E-state index contributed by atoms with van der Waals surface area (Å²) < 4.78 is 0. The molecular weight excluding hydrogens is 390 g/mol. The minimum atomic E-state index is -0.0971. The molecule has 2 aromatic rings. The van der Waals surface area contributed by atoms with Gasteiger partial charge in [-0.2, -0.15) is 0 Å². The summed E-state index contributed by atoms with van der Waals surface area (Å²) in [6.07, 6.45) is 2.18. The van der Waals surface area contributed by atoms with E-state index in [2.05, 4.69) is 21.7 Å². The molecule has 0 bridgehead atoms. The van der Waals surface area contributed by atoms with E-state index in [4.69, 9.17) is 0 Å². The van der Waals surface area contributed by atoms with E-state index >= 15 is 0 Å². The molecule has 1 aromatic heterocycles. The smallest absolute Gasteiger partial charge is 0.252 e. The van der Waals surface area contributed by atoms with Crippen LogP contribution in [0.15, 0.2) is 46.7 Å². The summed E-state index contributed by atoms with van der Waals surface area (Å²) in [7, 11) is 4.04. The number of nitrogens with zero attached hydrogens (tertiary/aromatic N) is 2. The first-order valence-corrected chi connectivity index (χ1v) is 11.4. The highest BCUT2D eigenvalue weighted by Gasteiger charge is 2.20. The van der Waals surface area contributed by atoms with E-state index in [9.17, 15) is 9.59 Å². The van der Waals surface area contributed by atoms with Crippen molar-refractivity contribution in [3.8, 4) is 0 Å². The molecule has 1 saturated heterocycles. The van der Waals surface area contributed by atoms with Gasteiger partial charge < -0.3 is 15.1 Å². The van der Waals surface area contributed by atoms with Gasteiger partial charge in [0.15, 0.2) is 0 Å². The van der Waals surface area contributed by atoms with Gasteiger partial charge in [0.1, 0.15) is 0 Å². The molecule has 7 heteroatoms. The zero-order valence-corrected chi connectivity index (χ0v) is 18.0. The van der Waals surface area contributed by atoms with Gasteiger partial charge in [0.25, 0.3) is 5.91 Å². The van der Waals surface area contributed by atoms with E-state index in [1.165, 1.54) is 16.6 Å². The molecule has 1 aliphatic rings. The molecule has 0 aliphatic carbocycles. The van der Waals surface area contributed by atoms with Crippen LogP contribution < -0.4 is 5.32 Å². The maximum atomic E-state index is 12.8. The molecule has 5 nitrogen and oxygen atoms in total. The normalized spacial score (nSPS) is 15.0. The maximum absolute atomic E-state index is 12.8. The summed E-state index contributed by atoms with van der Waals surface area (Å²) in [5.41, 5.74) is 0.630. The monoisotopic (exact) mass is 417 g/mol. The third kappa shape index (κ3) is 5.37. The second-order valence-electron chi connectivity index (χ2n) is 7.08. The Kier molecular flexibility index (Phi) is 7.53.